The zero-order chi connectivity index (χ0) is 44.3. The van der Waals surface area contributed by atoms with Gasteiger partial charge in [0.05, 0.1) is 43.4 Å². The minimum Gasteiger partial charge on any atom is -0.506 e. The van der Waals surface area contributed by atoms with E-state index in [1.807, 2.05) is 30.5 Å². The molecule has 4 heterocycles. The van der Waals surface area contributed by atoms with Crippen LogP contribution in [0.15, 0.2) is 66.9 Å². The fourth-order valence-electron chi connectivity index (χ4n) is 10.6. The summed E-state index contributed by atoms with van der Waals surface area (Å²) >= 11 is 0. The van der Waals surface area contributed by atoms with E-state index < -0.39 is 48.7 Å². The Bertz CT molecular complexity index is 2630. The summed E-state index contributed by atoms with van der Waals surface area (Å²) in [5.74, 6) is -0.915. The standard InChI is InChI=1S/C50H55N3O11/c1-61-40-20-30-19-34(28-8-2-3-9-28)43(38(55)24-53-23-29-10-4-7-13-32(29)48(53)59)45(57)42(30)46-33(40)15-17-39(62-25-41-44(56)47(58)50(60,26-54)49(63-41)64-46)36-22-52-37-16-14-27(18-35(36)37)21-51-31-11-5-6-12-31/h4,7,10,13-20,22,28,31,39,41,44,47,49,51-52,54,56-58,60H,2-3,5-6,8-9,11-12,21,23-26H2,1H3. The number of nitrogens with one attached hydrogen (secondary N) is 2. The number of aliphatic hydroxyl groups excluding tert-OH is 3. The first-order chi connectivity index (χ1) is 31.1. The van der Waals surface area contributed by atoms with Crippen molar-refractivity contribution in [2.24, 2.45) is 0 Å². The zero-order valence-corrected chi connectivity index (χ0v) is 35.8. The average molecular weight is 874 g/mol. The number of carbonyl (C=O) groups excluding carboxylic acids is 2. The fraction of sp³-hybridized carbons (Fsp3) is 0.440. The van der Waals surface area contributed by atoms with Crippen molar-refractivity contribution < 1.29 is 54.1 Å². The maximum absolute atomic E-state index is 14.7. The number of aromatic amines is 1. The van der Waals surface area contributed by atoms with Crippen LogP contribution in [-0.4, -0.2) is 110 Å². The SMILES string of the molecule is COc1cc2cc(C3CCCC3)c(C(=O)CN3Cc4ccccc4C3=O)c(O)c2c2c1C=CC(c1c[nH]c3ccc(CNC4CCCC4)cc13)OCC1OC(O2)C(O)(CO)C(O)C1O. The molecule has 2 bridgehead atoms. The summed E-state index contributed by atoms with van der Waals surface area (Å²) in [6.07, 6.45) is 6.15. The molecule has 5 aliphatic rings. The second-order valence-electron chi connectivity index (χ2n) is 18.1. The van der Waals surface area contributed by atoms with Gasteiger partial charge in [0.2, 0.25) is 6.29 Å². The smallest absolute Gasteiger partial charge is 0.254 e. The van der Waals surface area contributed by atoms with Crippen LogP contribution in [0.4, 0.5) is 0 Å². The van der Waals surface area contributed by atoms with Crippen molar-refractivity contribution in [3.05, 3.63) is 106 Å². The summed E-state index contributed by atoms with van der Waals surface area (Å²) < 4.78 is 25.4. The van der Waals surface area contributed by atoms with Crippen molar-refractivity contribution in [1.82, 2.24) is 15.2 Å². The highest BCUT2D eigenvalue weighted by Crippen LogP contribution is 2.50. The first-order valence-corrected chi connectivity index (χ1v) is 22.5. The molecular formula is C50H55N3O11. The third kappa shape index (κ3) is 7.44. The molecule has 0 radical (unpaired) electrons. The van der Waals surface area contributed by atoms with Gasteiger partial charge in [-0.3, -0.25) is 9.59 Å². The van der Waals surface area contributed by atoms with Gasteiger partial charge in [-0.25, -0.2) is 0 Å². The number of carbonyl (C=O) groups is 2. The average Bonchev–Trinajstić information content (AvgIpc) is 4.15. The molecule has 2 aliphatic carbocycles. The van der Waals surface area contributed by atoms with Crippen molar-refractivity contribution in [3.8, 4) is 17.2 Å². The molecule has 3 fully saturated rings. The lowest BCUT2D eigenvalue weighted by Gasteiger charge is -2.47. The number of methoxy groups -OCH3 is 1. The van der Waals surface area contributed by atoms with Gasteiger partial charge in [0, 0.05) is 47.4 Å². The summed E-state index contributed by atoms with van der Waals surface area (Å²) in [5, 5.41) is 63.1. The molecule has 1 amide bonds. The van der Waals surface area contributed by atoms with E-state index in [0.717, 1.165) is 66.1 Å². The molecule has 4 aromatic carbocycles. The molecule has 6 atom stereocenters. The lowest BCUT2D eigenvalue weighted by Crippen LogP contribution is -2.69. The van der Waals surface area contributed by atoms with Crippen LogP contribution in [0.3, 0.4) is 0 Å². The van der Waals surface area contributed by atoms with E-state index in [0.29, 0.717) is 34.8 Å². The molecule has 1 saturated heterocycles. The van der Waals surface area contributed by atoms with E-state index in [-0.39, 0.29) is 59.5 Å². The van der Waals surface area contributed by atoms with Crippen molar-refractivity contribution in [1.29, 1.82) is 0 Å². The first-order valence-electron chi connectivity index (χ1n) is 22.5. The van der Waals surface area contributed by atoms with Crippen LogP contribution in [0.25, 0.3) is 27.8 Å². The topological polar surface area (TPSA) is 203 Å². The highest BCUT2D eigenvalue weighted by molar-refractivity contribution is 6.11. The van der Waals surface area contributed by atoms with Gasteiger partial charge in [-0.05, 0) is 90.1 Å². The summed E-state index contributed by atoms with van der Waals surface area (Å²) in [6.45, 7) is -0.655. The molecule has 1 aromatic heterocycles. The third-order valence-corrected chi connectivity index (χ3v) is 14.2. The number of hydrogen-bond acceptors (Lipinski definition) is 12. The zero-order valence-electron chi connectivity index (χ0n) is 35.8. The van der Waals surface area contributed by atoms with Crippen LogP contribution < -0.4 is 14.8 Å². The number of ether oxygens (including phenoxy) is 4. The summed E-state index contributed by atoms with van der Waals surface area (Å²) in [7, 11) is 1.49. The highest BCUT2D eigenvalue weighted by atomic mass is 16.7. The van der Waals surface area contributed by atoms with Crippen molar-refractivity contribution in [2.45, 2.75) is 113 Å². The van der Waals surface area contributed by atoms with Crippen molar-refractivity contribution in [3.63, 3.8) is 0 Å². The number of H-pyrrole nitrogens is 1. The van der Waals surface area contributed by atoms with Crippen LogP contribution in [0.2, 0.25) is 0 Å². The second-order valence-corrected chi connectivity index (χ2v) is 18.1. The van der Waals surface area contributed by atoms with Crippen molar-refractivity contribution >= 4 is 39.4 Å². The number of phenolic OH excluding ortho intramolecular Hbond substituents is 1. The number of aliphatic hydroxyl groups is 4. The molecule has 14 heteroatoms. The Hall–Kier alpha value is -5.32. The Balaban J connectivity index is 1.12. The predicted octanol–water partition coefficient (Wildman–Crippen LogP) is 5.90. The number of fused-ring (bicyclic) bond motifs is 7. The van der Waals surface area contributed by atoms with Crippen LogP contribution in [0, 0.1) is 0 Å². The molecule has 3 aliphatic heterocycles. The van der Waals surface area contributed by atoms with Gasteiger partial charge in [0.25, 0.3) is 5.91 Å². The molecular weight excluding hydrogens is 819 g/mol. The number of amides is 1. The Morgan fingerprint density at radius 1 is 1.02 bits per heavy atom. The van der Waals surface area contributed by atoms with E-state index in [1.165, 1.54) is 24.9 Å². The maximum Gasteiger partial charge on any atom is 0.254 e. The van der Waals surface area contributed by atoms with Gasteiger partial charge < -0.3 is 59.7 Å². The third-order valence-electron chi connectivity index (χ3n) is 14.2. The van der Waals surface area contributed by atoms with Gasteiger partial charge in [-0.1, -0.05) is 56.0 Å². The number of aromatic nitrogens is 1. The van der Waals surface area contributed by atoms with Gasteiger partial charge >= 0.3 is 0 Å². The number of ketones is 1. The van der Waals surface area contributed by atoms with E-state index in [2.05, 4.69) is 22.4 Å². The molecule has 5 aromatic rings. The summed E-state index contributed by atoms with van der Waals surface area (Å²) in [4.78, 5) is 33.0. The first kappa shape index (κ1) is 42.6. The van der Waals surface area contributed by atoms with Gasteiger partial charge in [0.1, 0.15) is 41.7 Å². The quantitative estimate of drug-likeness (QED) is 0.0821. The summed E-state index contributed by atoms with van der Waals surface area (Å²) in [6, 6.07) is 17.6. The molecule has 7 N–H and O–H groups in total. The van der Waals surface area contributed by atoms with Crippen LogP contribution in [0.1, 0.15) is 112 Å². The number of rotatable bonds is 10. The largest absolute Gasteiger partial charge is 0.506 e. The normalized spacial score (nSPS) is 26.3. The monoisotopic (exact) mass is 873 g/mol. The second kappa shape index (κ2) is 17.2. The molecule has 2 saturated carbocycles. The Morgan fingerprint density at radius 2 is 1.80 bits per heavy atom. The van der Waals surface area contributed by atoms with E-state index in [1.54, 1.807) is 30.4 Å². The van der Waals surface area contributed by atoms with Crippen molar-refractivity contribution in [2.75, 3.05) is 26.9 Å². The van der Waals surface area contributed by atoms with Gasteiger partial charge in [0.15, 0.2) is 11.4 Å². The predicted molar refractivity (Wildman–Crippen MR) is 237 cm³/mol. The fourth-order valence-corrected chi connectivity index (χ4v) is 10.6. The number of phenols is 1. The Labute approximate surface area is 370 Å². The maximum atomic E-state index is 14.7. The molecule has 14 nitrogen and oxygen atoms in total. The number of Topliss-reactive ketones (excluding diaryl/α,β-unsaturated/α-hetero) is 1. The van der Waals surface area contributed by atoms with Crippen LogP contribution in [0.5, 0.6) is 17.2 Å². The van der Waals surface area contributed by atoms with Crippen LogP contribution in [-0.2, 0) is 22.6 Å². The number of benzene rings is 4. The van der Waals surface area contributed by atoms with E-state index in [4.69, 9.17) is 18.9 Å². The Morgan fingerprint density at radius 3 is 2.56 bits per heavy atom. The lowest BCUT2D eigenvalue weighted by molar-refractivity contribution is -0.329. The minimum absolute atomic E-state index is 0.0450. The highest BCUT2D eigenvalue weighted by Gasteiger charge is 2.56. The number of hydrogen-bond donors (Lipinski definition) is 7. The van der Waals surface area contributed by atoms with Crippen LogP contribution >= 0.6 is 0 Å². The molecule has 64 heavy (non-hydrogen) atoms. The molecule has 0 spiro atoms. The summed E-state index contributed by atoms with van der Waals surface area (Å²) in [5.41, 5.74) is 2.55. The molecule has 336 valence electrons. The van der Waals surface area contributed by atoms with Gasteiger partial charge in [-0.2, -0.15) is 0 Å². The lowest BCUT2D eigenvalue weighted by atomic mass is 9.86. The molecule has 6 unspecified atom stereocenters. The number of aromatic hydroxyl groups is 1. The number of nitrogens with zero attached hydrogens (tertiary/aromatic N) is 1. The Kier molecular flexibility index (Phi) is 11.5. The minimum atomic E-state index is -2.55. The molecule has 10 rings (SSSR count). The van der Waals surface area contributed by atoms with Gasteiger partial charge in [-0.15, -0.1) is 0 Å². The van der Waals surface area contributed by atoms with E-state index >= 15 is 0 Å². The van der Waals surface area contributed by atoms with E-state index in [9.17, 15) is 35.1 Å².